The highest BCUT2D eigenvalue weighted by atomic mass is 16.5. The molecule has 1 heterocycles. The van der Waals surface area contributed by atoms with Crippen LogP contribution in [-0.4, -0.2) is 54.5 Å². The molecule has 1 aromatic rings. The third-order valence-corrected chi connectivity index (χ3v) is 4.54. The Labute approximate surface area is 130 Å². The van der Waals surface area contributed by atoms with Crippen LogP contribution in [0.15, 0.2) is 24.3 Å². The standard InChI is InChI=1S/C17H22N2O3/c1-18(15-9-10-19(16(15)20)14-7-8-14)11-12-3-5-13(6-4-12)17(21)22-2/h3-6,14-15H,7-11H2,1-2H3. The molecule has 118 valence electrons. The third kappa shape index (κ3) is 2.99. The van der Waals surface area contributed by atoms with Gasteiger partial charge in [0, 0.05) is 19.1 Å². The molecule has 1 amide bonds. The Kier molecular flexibility index (Phi) is 4.16. The molecule has 1 saturated carbocycles. The number of nitrogens with zero attached hydrogens (tertiary/aromatic N) is 2. The van der Waals surface area contributed by atoms with E-state index < -0.39 is 0 Å². The summed E-state index contributed by atoms with van der Waals surface area (Å²) in [5.41, 5.74) is 1.64. The molecule has 5 nitrogen and oxygen atoms in total. The SMILES string of the molecule is COC(=O)c1ccc(CN(C)C2CCN(C3CC3)C2=O)cc1. The van der Waals surface area contributed by atoms with E-state index in [0.29, 0.717) is 18.2 Å². The van der Waals surface area contributed by atoms with Gasteiger partial charge in [0.2, 0.25) is 5.91 Å². The van der Waals surface area contributed by atoms with Gasteiger partial charge in [0.15, 0.2) is 0 Å². The molecule has 5 heteroatoms. The van der Waals surface area contributed by atoms with Crippen molar-refractivity contribution in [2.24, 2.45) is 0 Å². The van der Waals surface area contributed by atoms with E-state index in [0.717, 1.165) is 31.4 Å². The van der Waals surface area contributed by atoms with Crippen molar-refractivity contribution in [3.8, 4) is 0 Å². The summed E-state index contributed by atoms with van der Waals surface area (Å²) >= 11 is 0. The number of carbonyl (C=O) groups is 2. The van der Waals surface area contributed by atoms with Gasteiger partial charge in [-0.2, -0.15) is 0 Å². The van der Waals surface area contributed by atoms with Crippen LogP contribution >= 0.6 is 0 Å². The zero-order chi connectivity index (χ0) is 15.7. The highest BCUT2D eigenvalue weighted by molar-refractivity contribution is 5.89. The van der Waals surface area contributed by atoms with Crippen LogP contribution in [0.4, 0.5) is 0 Å². The summed E-state index contributed by atoms with van der Waals surface area (Å²) in [5, 5.41) is 0. The van der Waals surface area contributed by atoms with Gasteiger partial charge in [-0.3, -0.25) is 9.69 Å². The zero-order valence-corrected chi connectivity index (χ0v) is 13.1. The largest absolute Gasteiger partial charge is 0.465 e. The first kappa shape index (κ1) is 15.0. The van der Waals surface area contributed by atoms with Gasteiger partial charge in [-0.05, 0) is 44.0 Å². The minimum Gasteiger partial charge on any atom is -0.465 e. The number of esters is 1. The molecular weight excluding hydrogens is 280 g/mol. The number of hydrogen-bond donors (Lipinski definition) is 0. The molecule has 1 saturated heterocycles. The maximum absolute atomic E-state index is 12.4. The fourth-order valence-corrected chi connectivity index (χ4v) is 3.11. The topological polar surface area (TPSA) is 49.9 Å². The minimum absolute atomic E-state index is 0.0131. The van der Waals surface area contributed by atoms with E-state index in [9.17, 15) is 9.59 Å². The summed E-state index contributed by atoms with van der Waals surface area (Å²) in [5.74, 6) is -0.0536. The molecule has 0 spiro atoms. The van der Waals surface area contributed by atoms with Crippen LogP contribution in [0.25, 0.3) is 0 Å². The van der Waals surface area contributed by atoms with Gasteiger partial charge in [0.05, 0.1) is 18.7 Å². The van der Waals surface area contributed by atoms with Gasteiger partial charge in [0.1, 0.15) is 0 Å². The molecule has 0 radical (unpaired) electrons. The fourth-order valence-electron chi connectivity index (χ4n) is 3.11. The molecular formula is C17H22N2O3. The van der Waals surface area contributed by atoms with Crippen LogP contribution in [0.2, 0.25) is 0 Å². The highest BCUT2D eigenvalue weighted by Crippen LogP contribution is 2.32. The van der Waals surface area contributed by atoms with Crippen LogP contribution in [0, 0.1) is 0 Å². The van der Waals surface area contributed by atoms with Crippen molar-refractivity contribution in [2.75, 3.05) is 20.7 Å². The number of ether oxygens (including phenoxy) is 1. The number of benzene rings is 1. The molecule has 0 N–H and O–H groups in total. The summed E-state index contributed by atoms with van der Waals surface area (Å²) in [6, 6.07) is 7.86. The Morgan fingerprint density at radius 3 is 2.55 bits per heavy atom. The third-order valence-electron chi connectivity index (χ3n) is 4.54. The van der Waals surface area contributed by atoms with Crippen molar-refractivity contribution >= 4 is 11.9 Å². The van der Waals surface area contributed by atoms with E-state index in [1.165, 1.54) is 7.11 Å². The highest BCUT2D eigenvalue weighted by Gasteiger charge is 2.41. The van der Waals surface area contributed by atoms with E-state index in [1.807, 2.05) is 24.1 Å². The van der Waals surface area contributed by atoms with Gasteiger partial charge >= 0.3 is 5.97 Å². The summed E-state index contributed by atoms with van der Waals surface area (Å²) < 4.78 is 4.69. The fraction of sp³-hybridized carbons (Fsp3) is 0.529. The maximum atomic E-state index is 12.4. The number of likely N-dealkylation sites (tertiary alicyclic amines) is 1. The van der Waals surface area contributed by atoms with E-state index in [4.69, 9.17) is 4.74 Å². The Balaban J connectivity index is 1.60. The van der Waals surface area contributed by atoms with E-state index in [1.54, 1.807) is 12.1 Å². The average molecular weight is 302 g/mol. The van der Waals surface area contributed by atoms with E-state index >= 15 is 0 Å². The van der Waals surface area contributed by atoms with Crippen molar-refractivity contribution in [3.05, 3.63) is 35.4 Å². The molecule has 0 bridgehead atoms. The monoisotopic (exact) mass is 302 g/mol. The number of likely N-dealkylation sites (N-methyl/N-ethyl adjacent to an activating group) is 1. The van der Waals surface area contributed by atoms with Gasteiger partial charge < -0.3 is 9.64 Å². The molecule has 22 heavy (non-hydrogen) atoms. The van der Waals surface area contributed by atoms with Crippen LogP contribution in [0.1, 0.15) is 35.2 Å². The lowest BCUT2D eigenvalue weighted by molar-refractivity contribution is -0.132. The smallest absolute Gasteiger partial charge is 0.337 e. The van der Waals surface area contributed by atoms with E-state index in [2.05, 4.69) is 4.90 Å². The van der Waals surface area contributed by atoms with Gasteiger partial charge in [0.25, 0.3) is 0 Å². The Morgan fingerprint density at radius 2 is 1.95 bits per heavy atom. The predicted molar refractivity (Wildman–Crippen MR) is 82.4 cm³/mol. The first-order chi connectivity index (χ1) is 10.6. The molecule has 2 aliphatic rings. The van der Waals surface area contributed by atoms with Crippen molar-refractivity contribution in [2.45, 2.75) is 37.9 Å². The molecule has 1 aromatic carbocycles. The van der Waals surface area contributed by atoms with Crippen LogP contribution in [0.5, 0.6) is 0 Å². The summed E-state index contributed by atoms with van der Waals surface area (Å²) in [6.07, 6.45) is 3.24. The van der Waals surface area contributed by atoms with Gasteiger partial charge in [-0.15, -0.1) is 0 Å². The van der Waals surface area contributed by atoms with Crippen molar-refractivity contribution in [1.29, 1.82) is 0 Å². The Hall–Kier alpha value is -1.88. The summed E-state index contributed by atoms with van der Waals surface area (Å²) in [4.78, 5) is 28.0. The zero-order valence-electron chi connectivity index (χ0n) is 13.1. The van der Waals surface area contributed by atoms with Gasteiger partial charge in [-0.1, -0.05) is 12.1 Å². The first-order valence-corrected chi connectivity index (χ1v) is 7.78. The Bertz CT molecular complexity index is 566. The summed E-state index contributed by atoms with van der Waals surface area (Å²) in [6.45, 7) is 1.59. The van der Waals surface area contributed by atoms with Crippen LogP contribution in [0.3, 0.4) is 0 Å². The molecule has 3 rings (SSSR count). The Morgan fingerprint density at radius 1 is 1.27 bits per heavy atom. The second-order valence-corrected chi connectivity index (χ2v) is 6.17. The molecule has 2 fully saturated rings. The lowest BCUT2D eigenvalue weighted by Gasteiger charge is -2.23. The van der Waals surface area contributed by atoms with E-state index in [-0.39, 0.29) is 17.9 Å². The number of methoxy groups -OCH3 is 1. The lowest BCUT2D eigenvalue weighted by atomic mass is 10.1. The lowest BCUT2D eigenvalue weighted by Crippen LogP contribution is -2.39. The van der Waals surface area contributed by atoms with Crippen molar-refractivity contribution in [1.82, 2.24) is 9.80 Å². The second kappa shape index (κ2) is 6.08. The van der Waals surface area contributed by atoms with Crippen molar-refractivity contribution < 1.29 is 14.3 Å². The minimum atomic E-state index is -0.328. The normalized spacial score (nSPS) is 21.5. The predicted octanol–water partition coefficient (Wildman–Crippen LogP) is 1.67. The number of rotatable bonds is 5. The second-order valence-electron chi connectivity index (χ2n) is 6.17. The van der Waals surface area contributed by atoms with Crippen LogP contribution < -0.4 is 0 Å². The molecule has 1 atom stereocenters. The number of amides is 1. The summed E-state index contributed by atoms with van der Waals surface area (Å²) in [7, 11) is 3.37. The number of carbonyl (C=O) groups excluding carboxylic acids is 2. The molecule has 1 aliphatic carbocycles. The molecule has 1 unspecified atom stereocenters. The van der Waals surface area contributed by atoms with Crippen LogP contribution in [-0.2, 0) is 16.1 Å². The number of hydrogen-bond acceptors (Lipinski definition) is 4. The quantitative estimate of drug-likeness (QED) is 0.776. The molecule has 1 aliphatic heterocycles. The maximum Gasteiger partial charge on any atom is 0.337 e. The average Bonchev–Trinajstić information content (AvgIpc) is 3.29. The van der Waals surface area contributed by atoms with Crippen molar-refractivity contribution in [3.63, 3.8) is 0 Å². The first-order valence-electron chi connectivity index (χ1n) is 7.78. The molecule has 0 aromatic heterocycles. The van der Waals surface area contributed by atoms with Gasteiger partial charge in [-0.25, -0.2) is 4.79 Å².